The Kier molecular flexibility index (Phi) is 4.83. The number of carbonyl (C=O) groups excluding carboxylic acids is 1. The van der Waals surface area contributed by atoms with Gasteiger partial charge in [-0.1, -0.05) is 25.1 Å². The van der Waals surface area contributed by atoms with Gasteiger partial charge in [0.25, 0.3) is 0 Å². The Labute approximate surface area is 105 Å². The molecule has 0 aliphatic rings. The molecule has 5 heteroatoms. The molecule has 0 aliphatic heterocycles. The summed E-state index contributed by atoms with van der Waals surface area (Å²) in [5.74, 6) is -2.23. The minimum Gasteiger partial charge on any atom is -0.479 e. The van der Waals surface area contributed by atoms with Crippen molar-refractivity contribution in [3.63, 3.8) is 0 Å². The number of aliphatic carboxylic acids is 1. The van der Waals surface area contributed by atoms with E-state index >= 15 is 0 Å². The first-order valence-electron chi connectivity index (χ1n) is 5.73. The molecule has 1 aromatic carbocycles. The molecule has 0 fully saturated rings. The van der Waals surface area contributed by atoms with Crippen molar-refractivity contribution in [3.05, 3.63) is 35.6 Å². The van der Waals surface area contributed by atoms with Crippen LogP contribution in [0.25, 0.3) is 0 Å². The lowest BCUT2D eigenvalue weighted by atomic mass is 10.0. The van der Waals surface area contributed by atoms with Gasteiger partial charge in [-0.15, -0.1) is 0 Å². The van der Waals surface area contributed by atoms with Crippen LogP contribution in [0.5, 0.6) is 0 Å². The van der Waals surface area contributed by atoms with Gasteiger partial charge in [-0.25, -0.2) is 9.18 Å². The smallest absolute Gasteiger partial charge is 0.331 e. The lowest BCUT2D eigenvalue weighted by molar-refractivity contribution is -0.150. The van der Waals surface area contributed by atoms with Crippen molar-refractivity contribution in [2.24, 2.45) is 0 Å². The standard InChI is InChI=1S/C13H16FNO3/c1-3-8-15(9(2)16)12(13(17)18)10-6-4-5-7-11(10)14/h4-7,12H,3,8H2,1-2H3,(H,17,18). The Morgan fingerprint density at radius 1 is 1.39 bits per heavy atom. The van der Waals surface area contributed by atoms with Gasteiger partial charge in [0, 0.05) is 19.0 Å². The van der Waals surface area contributed by atoms with Crippen LogP contribution in [0.15, 0.2) is 24.3 Å². The SMILES string of the molecule is CCCN(C(C)=O)C(C(=O)O)c1ccccc1F. The van der Waals surface area contributed by atoms with Crippen molar-refractivity contribution < 1.29 is 19.1 Å². The van der Waals surface area contributed by atoms with Gasteiger partial charge < -0.3 is 10.0 Å². The maximum absolute atomic E-state index is 13.7. The van der Waals surface area contributed by atoms with Crippen LogP contribution in [-0.4, -0.2) is 28.4 Å². The molecule has 18 heavy (non-hydrogen) atoms. The Bertz CT molecular complexity index is 448. The number of rotatable bonds is 5. The zero-order valence-electron chi connectivity index (χ0n) is 10.4. The lowest BCUT2D eigenvalue weighted by Gasteiger charge is -2.28. The fourth-order valence-electron chi connectivity index (χ4n) is 1.84. The van der Waals surface area contributed by atoms with Crippen LogP contribution in [0.3, 0.4) is 0 Å². The fourth-order valence-corrected chi connectivity index (χ4v) is 1.84. The molecule has 1 aromatic rings. The molecule has 98 valence electrons. The van der Waals surface area contributed by atoms with Gasteiger partial charge in [0.05, 0.1) is 0 Å². The second kappa shape index (κ2) is 6.14. The van der Waals surface area contributed by atoms with Gasteiger partial charge in [-0.2, -0.15) is 0 Å². The molecule has 0 aliphatic carbocycles. The molecular formula is C13H16FNO3. The lowest BCUT2D eigenvalue weighted by Crippen LogP contribution is -2.38. The highest BCUT2D eigenvalue weighted by Gasteiger charge is 2.30. The molecule has 1 rings (SSSR count). The molecule has 1 atom stereocenters. The predicted molar refractivity (Wildman–Crippen MR) is 64.5 cm³/mol. The molecule has 1 unspecified atom stereocenters. The normalized spacial score (nSPS) is 11.9. The number of halogens is 1. The van der Waals surface area contributed by atoms with E-state index in [4.69, 9.17) is 0 Å². The number of amides is 1. The molecule has 0 saturated carbocycles. The molecular weight excluding hydrogens is 237 g/mol. The predicted octanol–water partition coefficient (Wildman–Crippen LogP) is 2.21. The van der Waals surface area contributed by atoms with Gasteiger partial charge in [0.15, 0.2) is 6.04 Å². The summed E-state index contributed by atoms with van der Waals surface area (Å²) in [5.41, 5.74) is 0.00801. The second-order valence-electron chi connectivity index (χ2n) is 3.97. The first kappa shape index (κ1) is 14.2. The minimum atomic E-state index is -1.27. The van der Waals surface area contributed by atoms with E-state index in [1.165, 1.54) is 30.0 Å². The Morgan fingerprint density at radius 2 is 2.00 bits per heavy atom. The van der Waals surface area contributed by atoms with E-state index in [-0.39, 0.29) is 18.0 Å². The largest absolute Gasteiger partial charge is 0.479 e. The molecule has 0 saturated heterocycles. The van der Waals surface area contributed by atoms with Gasteiger partial charge in [0.2, 0.25) is 5.91 Å². The second-order valence-corrected chi connectivity index (χ2v) is 3.97. The number of hydrogen-bond donors (Lipinski definition) is 1. The Morgan fingerprint density at radius 3 is 2.44 bits per heavy atom. The Balaban J connectivity index is 3.20. The number of carboxylic acid groups (broad SMARTS) is 1. The number of nitrogens with zero attached hydrogens (tertiary/aromatic N) is 1. The summed E-state index contributed by atoms with van der Waals surface area (Å²) in [6.07, 6.45) is 0.609. The summed E-state index contributed by atoms with van der Waals surface area (Å²) < 4.78 is 13.7. The van der Waals surface area contributed by atoms with E-state index in [0.29, 0.717) is 6.42 Å². The van der Waals surface area contributed by atoms with Crippen molar-refractivity contribution >= 4 is 11.9 Å². The number of hydrogen-bond acceptors (Lipinski definition) is 2. The Hall–Kier alpha value is -1.91. The summed E-state index contributed by atoms with van der Waals surface area (Å²) in [4.78, 5) is 24.0. The first-order chi connectivity index (χ1) is 8.49. The summed E-state index contributed by atoms with van der Waals surface area (Å²) in [5, 5.41) is 9.24. The van der Waals surface area contributed by atoms with Gasteiger partial charge >= 0.3 is 5.97 Å². The van der Waals surface area contributed by atoms with Gasteiger partial charge in [-0.3, -0.25) is 4.79 Å². The summed E-state index contributed by atoms with van der Waals surface area (Å²) in [6.45, 7) is 3.39. The van der Waals surface area contributed by atoms with Crippen molar-refractivity contribution in [2.45, 2.75) is 26.3 Å². The van der Waals surface area contributed by atoms with Crippen LogP contribution in [0, 0.1) is 5.82 Å². The molecule has 1 amide bonds. The third-order valence-corrected chi connectivity index (χ3v) is 2.61. The average molecular weight is 253 g/mol. The number of carbonyl (C=O) groups is 2. The van der Waals surface area contributed by atoms with Crippen molar-refractivity contribution in [1.82, 2.24) is 4.90 Å². The van der Waals surface area contributed by atoms with E-state index in [9.17, 15) is 19.1 Å². The van der Waals surface area contributed by atoms with Crippen LogP contribution < -0.4 is 0 Å². The molecule has 0 bridgehead atoms. The number of benzene rings is 1. The van der Waals surface area contributed by atoms with Crippen molar-refractivity contribution in [3.8, 4) is 0 Å². The van der Waals surface area contributed by atoms with E-state index in [1.807, 2.05) is 6.92 Å². The fraction of sp³-hybridized carbons (Fsp3) is 0.385. The quantitative estimate of drug-likeness (QED) is 0.875. The van der Waals surface area contributed by atoms with Crippen molar-refractivity contribution in [1.29, 1.82) is 0 Å². The molecule has 0 aromatic heterocycles. The average Bonchev–Trinajstić information content (AvgIpc) is 2.30. The van der Waals surface area contributed by atoms with Crippen LogP contribution in [0.1, 0.15) is 31.9 Å². The summed E-state index contributed by atoms with van der Waals surface area (Å²) >= 11 is 0. The van der Waals surface area contributed by atoms with Gasteiger partial charge in [0.1, 0.15) is 5.82 Å². The highest BCUT2D eigenvalue weighted by atomic mass is 19.1. The zero-order valence-corrected chi connectivity index (χ0v) is 10.4. The van der Waals surface area contributed by atoms with E-state index in [0.717, 1.165) is 0 Å². The molecule has 4 nitrogen and oxygen atoms in total. The highest BCUT2D eigenvalue weighted by Crippen LogP contribution is 2.24. The van der Waals surface area contributed by atoms with E-state index < -0.39 is 17.8 Å². The first-order valence-corrected chi connectivity index (χ1v) is 5.73. The molecule has 1 N–H and O–H groups in total. The molecule has 0 radical (unpaired) electrons. The third-order valence-electron chi connectivity index (χ3n) is 2.61. The van der Waals surface area contributed by atoms with Crippen LogP contribution in [-0.2, 0) is 9.59 Å². The van der Waals surface area contributed by atoms with Crippen LogP contribution in [0.2, 0.25) is 0 Å². The topological polar surface area (TPSA) is 57.6 Å². The number of carboxylic acids is 1. The minimum absolute atomic E-state index is 0.00801. The summed E-state index contributed by atoms with van der Waals surface area (Å²) in [7, 11) is 0. The third kappa shape index (κ3) is 3.06. The van der Waals surface area contributed by atoms with Crippen LogP contribution >= 0.6 is 0 Å². The summed E-state index contributed by atoms with van der Waals surface area (Å²) in [6, 6.07) is 4.34. The maximum Gasteiger partial charge on any atom is 0.331 e. The molecule has 0 heterocycles. The zero-order chi connectivity index (χ0) is 13.7. The van der Waals surface area contributed by atoms with Crippen LogP contribution in [0.4, 0.5) is 4.39 Å². The highest BCUT2D eigenvalue weighted by molar-refractivity contribution is 5.83. The molecule has 0 spiro atoms. The van der Waals surface area contributed by atoms with Gasteiger partial charge in [-0.05, 0) is 12.5 Å². The maximum atomic E-state index is 13.7. The monoisotopic (exact) mass is 253 g/mol. The van der Waals surface area contributed by atoms with Crippen molar-refractivity contribution in [2.75, 3.05) is 6.54 Å². The van der Waals surface area contributed by atoms with E-state index in [1.54, 1.807) is 6.07 Å². The van der Waals surface area contributed by atoms with E-state index in [2.05, 4.69) is 0 Å².